The average Bonchev–Trinajstić information content (AvgIpc) is 2.52. The number of nitrogens with one attached hydrogen (secondary N) is 1. The van der Waals surface area contributed by atoms with E-state index in [2.05, 4.69) is 12.2 Å². The van der Waals surface area contributed by atoms with Crippen molar-refractivity contribution >= 4 is 23.2 Å². The predicted molar refractivity (Wildman–Crippen MR) is 59.2 cm³/mol. The van der Waals surface area contributed by atoms with Crippen LogP contribution >= 0.6 is 12.2 Å². The quantitative estimate of drug-likeness (QED) is 0.561. The van der Waals surface area contributed by atoms with Crippen molar-refractivity contribution in [3.63, 3.8) is 0 Å². The van der Waals surface area contributed by atoms with Gasteiger partial charge in [-0.05, 0) is 18.6 Å². The summed E-state index contributed by atoms with van der Waals surface area (Å²) in [7, 11) is 0. The Kier molecular flexibility index (Phi) is 4.87. The number of hydrogen-bond acceptors (Lipinski definition) is 3. The van der Waals surface area contributed by atoms with Gasteiger partial charge in [0.25, 0.3) is 0 Å². The van der Waals surface area contributed by atoms with Crippen molar-refractivity contribution in [2.75, 3.05) is 6.61 Å². The summed E-state index contributed by atoms with van der Waals surface area (Å²) in [4.78, 5) is 11.4. The van der Waals surface area contributed by atoms with Crippen molar-refractivity contribution in [2.45, 2.75) is 45.1 Å². The molecular formula is C10H17NO2S. The fourth-order valence-electron chi connectivity index (χ4n) is 1.43. The van der Waals surface area contributed by atoms with E-state index in [0.29, 0.717) is 18.1 Å². The Morgan fingerprint density at radius 1 is 1.64 bits per heavy atom. The second kappa shape index (κ2) is 5.96. The van der Waals surface area contributed by atoms with E-state index in [0.717, 1.165) is 25.7 Å². The van der Waals surface area contributed by atoms with Gasteiger partial charge in [0.15, 0.2) is 5.05 Å². The van der Waals surface area contributed by atoms with Crippen LogP contribution in [0.15, 0.2) is 0 Å². The SMILES string of the molecule is CCCCCC(=O)NC1CCOC1=S. The lowest BCUT2D eigenvalue weighted by molar-refractivity contribution is -0.121. The van der Waals surface area contributed by atoms with Crippen LogP contribution in [0.3, 0.4) is 0 Å². The van der Waals surface area contributed by atoms with Gasteiger partial charge in [-0.2, -0.15) is 0 Å². The molecule has 1 unspecified atom stereocenters. The molecule has 0 aromatic carbocycles. The van der Waals surface area contributed by atoms with Crippen LogP contribution in [0.1, 0.15) is 39.0 Å². The molecule has 1 rings (SSSR count). The first kappa shape index (κ1) is 11.4. The maximum Gasteiger partial charge on any atom is 0.220 e. The summed E-state index contributed by atoms with van der Waals surface area (Å²) in [5.41, 5.74) is 0. The van der Waals surface area contributed by atoms with Crippen LogP contribution in [0.2, 0.25) is 0 Å². The summed E-state index contributed by atoms with van der Waals surface area (Å²) < 4.78 is 5.11. The Balaban J connectivity index is 2.16. The minimum Gasteiger partial charge on any atom is -0.485 e. The molecule has 0 aromatic heterocycles. The highest BCUT2D eigenvalue weighted by atomic mass is 32.1. The van der Waals surface area contributed by atoms with Gasteiger partial charge in [0, 0.05) is 12.8 Å². The number of hydrogen-bond donors (Lipinski definition) is 1. The Morgan fingerprint density at radius 3 is 3.00 bits per heavy atom. The van der Waals surface area contributed by atoms with Crippen molar-refractivity contribution in [1.29, 1.82) is 0 Å². The number of carbonyl (C=O) groups excluding carboxylic acids is 1. The smallest absolute Gasteiger partial charge is 0.220 e. The largest absolute Gasteiger partial charge is 0.485 e. The molecule has 0 saturated carbocycles. The van der Waals surface area contributed by atoms with Gasteiger partial charge >= 0.3 is 0 Å². The summed E-state index contributed by atoms with van der Waals surface area (Å²) in [6, 6.07) is -0.0286. The van der Waals surface area contributed by atoms with E-state index in [-0.39, 0.29) is 11.9 Å². The zero-order chi connectivity index (χ0) is 10.4. The first-order valence-electron chi connectivity index (χ1n) is 5.20. The topological polar surface area (TPSA) is 38.3 Å². The highest BCUT2D eigenvalue weighted by Crippen LogP contribution is 2.08. The van der Waals surface area contributed by atoms with Gasteiger partial charge < -0.3 is 10.1 Å². The minimum atomic E-state index is -0.0286. The van der Waals surface area contributed by atoms with Gasteiger partial charge in [0.1, 0.15) is 6.04 Å². The normalized spacial score (nSPS) is 20.6. The molecule has 3 nitrogen and oxygen atoms in total. The Morgan fingerprint density at radius 2 is 2.43 bits per heavy atom. The second-order valence-corrected chi connectivity index (χ2v) is 3.94. The molecular weight excluding hydrogens is 198 g/mol. The van der Waals surface area contributed by atoms with Crippen molar-refractivity contribution in [3.05, 3.63) is 0 Å². The molecule has 1 fully saturated rings. The summed E-state index contributed by atoms with van der Waals surface area (Å²) in [6.07, 6.45) is 4.63. The first-order valence-corrected chi connectivity index (χ1v) is 5.61. The van der Waals surface area contributed by atoms with Gasteiger partial charge in [-0.3, -0.25) is 4.79 Å². The lowest BCUT2D eigenvalue weighted by atomic mass is 10.2. The third kappa shape index (κ3) is 3.62. The summed E-state index contributed by atoms with van der Waals surface area (Å²) in [5, 5.41) is 3.42. The molecule has 14 heavy (non-hydrogen) atoms. The Labute approximate surface area is 90.2 Å². The number of amides is 1. The fourth-order valence-corrected chi connectivity index (χ4v) is 1.69. The summed E-state index contributed by atoms with van der Waals surface area (Å²) in [6.45, 7) is 2.76. The van der Waals surface area contributed by atoms with Gasteiger partial charge in [0.05, 0.1) is 6.61 Å². The number of ether oxygens (including phenoxy) is 1. The molecule has 1 aliphatic heterocycles. The van der Waals surface area contributed by atoms with Crippen molar-refractivity contribution < 1.29 is 9.53 Å². The molecule has 1 N–H and O–H groups in total. The highest BCUT2D eigenvalue weighted by Gasteiger charge is 2.23. The molecule has 1 atom stereocenters. The molecule has 1 heterocycles. The zero-order valence-corrected chi connectivity index (χ0v) is 9.36. The van der Waals surface area contributed by atoms with Gasteiger partial charge in [-0.1, -0.05) is 19.8 Å². The second-order valence-electron chi connectivity index (χ2n) is 3.53. The maximum absolute atomic E-state index is 11.4. The summed E-state index contributed by atoms with van der Waals surface area (Å²) >= 11 is 4.96. The van der Waals surface area contributed by atoms with Gasteiger partial charge in [-0.15, -0.1) is 0 Å². The van der Waals surface area contributed by atoms with Crippen LogP contribution in [-0.4, -0.2) is 23.6 Å². The number of carbonyl (C=O) groups is 1. The molecule has 1 aliphatic rings. The highest BCUT2D eigenvalue weighted by molar-refractivity contribution is 7.80. The van der Waals surface area contributed by atoms with E-state index in [4.69, 9.17) is 17.0 Å². The molecule has 0 bridgehead atoms. The van der Waals surface area contributed by atoms with Crippen LogP contribution in [0.25, 0.3) is 0 Å². The van der Waals surface area contributed by atoms with Crippen molar-refractivity contribution in [1.82, 2.24) is 5.32 Å². The molecule has 4 heteroatoms. The average molecular weight is 215 g/mol. The molecule has 1 amide bonds. The molecule has 0 aromatic rings. The third-order valence-corrected chi connectivity index (χ3v) is 2.68. The lowest BCUT2D eigenvalue weighted by Crippen LogP contribution is -2.37. The van der Waals surface area contributed by atoms with E-state index in [9.17, 15) is 4.79 Å². The van der Waals surface area contributed by atoms with Crippen LogP contribution in [-0.2, 0) is 9.53 Å². The zero-order valence-electron chi connectivity index (χ0n) is 8.54. The number of unbranched alkanes of at least 4 members (excludes halogenated alkanes) is 2. The van der Waals surface area contributed by atoms with E-state index in [1.807, 2.05) is 0 Å². The summed E-state index contributed by atoms with van der Waals surface area (Å²) in [5.74, 6) is 0.0938. The Bertz CT molecular complexity index is 218. The fraction of sp³-hybridized carbons (Fsp3) is 0.800. The molecule has 80 valence electrons. The van der Waals surface area contributed by atoms with Crippen molar-refractivity contribution in [2.24, 2.45) is 0 Å². The lowest BCUT2D eigenvalue weighted by Gasteiger charge is -2.09. The standard InChI is InChI=1S/C10H17NO2S/c1-2-3-4-5-9(12)11-8-6-7-13-10(8)14/h8H,2-7H2,1H3,(H,11,12). The molecule has 0 radical (unpaired) electrons. The van der Waals surface area contributed by atoms with Crippen LogP contribution in [0, 0.1) is 0 Å². The maximum atomic E-state index is 11.4. The monoisotopic (exact) mass is 215 g/mol. The molecule has 0 spiro atoms. The molecule has 1 saturated heterocycles. The minimum absolute atomic E-state index is 0.0286. The number of thiocarbonyl (C=S) groups is 1. The molecule has 0 aliphatic carbocycles. The van der Waals surface area contributed by atoms with E-state index in [1.54, 1.807) is 0 Å². The van der Waals surface area contributed by atoms with Crippen LogP contribution in [0.4, 0.5) is 0 Å². The Hall–Kier alpha value is -0.640. The van der Waals surface area contributed by atoms with Crippen LogP contribution in [0.5, 0.6) is 0 Å². The van der Waals surface area contributed by atoms with Gasteiger partial charge in [-0.25, -0.2) is 0 Å². The first-order chi connectivity index (χ1) is 6.74. The van der Waals surface area contributed by atoms with E-state index < -0.39 is 0 Å². The van der Waals surface area contributed by atoms with E-state index in [1.165, 1.54) is 0 Å². The van der Waals surface area contributed by atoms with Gasteiger partial charge in [0.2, 0.25) is 5.91 Å². The predicted octanol–water partition coefficient (Wildman–Crippen LogP) is 1.80. The van der Waals surface area contributed by atoms with E-state index >= 15 is 0 Å². The third-order valence-electron chi connectivity index (χ3n) is 2.28. The van der Waals surface area contributed by atoms with Crippen LogP contribution < -0.4 is 5.32 Å². The number of rotatable bonds is 5. The van der Waals surface area contributed by atoms with Crippen molar-refractivity contribution in [3.8, 4) is 0 Å².